The van der Waals surface area contributed by atoms with Crippen molar-refractivity contribution in [1.82, 2.24) is 5.32 Å². The van der Waals surface area contributed by atoms with Crippen LogP contribution in [-0.4, -0.2) is 50.3 Å². The van der Waals surface area contributed by atoms with Gasteiger partial charge >= 0.3 is 11.9 Å². The summed E-state index contributed by atoms with van der Waals surface area (Å²) in [6.07, 6.45) is 0. The quantitative estimate of drug-likeness (QED) is 0.374. The molecule has 10 nitrogen and oxygen atoms in total. The van der Waals surface area contributed by atoms with Crippen molar-refractivity contribution in [1.29, 1.82) is 5.26 Å². The fourth-order valence-electron chi connectivity index (χ4n) is 3.82. The first-order chi connectivity index (χ1) is 17.8. The molecular formula is C26H25N3O7S. The maximum atomic E-state index is 13.0. The van der Waals surface area contributed by atoms with Crippen molar-refractivity contribution in [3.8, 4) is 11.8 Å². The average Bonchev–Trinajstić information content (AvgIpc) is 2.91. The van der Waals surface area contributed by atoms with E-state index in [2.05, 4.69) is 16.7 Å². The number of hydrogen-bond acceptors (Lipinski definition) is 9. The van der Waals surface area contributed by atoms with Crippen LogP contribution in [0.2, 0.25) is 0 Å². The second kappa shape index (κ2) is 12.6. The molecule has 2 aromatic carbocycles. The number of amides is 2. The van der Waals surface area contributed by atoms with Crippen molar-refractivity contribution in [3.05, 3.63) is 70.3 Å². The number of ether oxygens (including phenoxy) is 3. The minimum absolute atomic E-state index is 0.118. The number of anilines is 1. The maximum Gasteiger partial charge on any atom is 0.339 e. The normalized spacial score (nSPS) is 16.8. The summed E-state index contributed by atoms with van der Waals surface area (Å²) in [6.45, 7) is 2.31. The highest BCUT2D eigenvalue weighted by molar-refractivity contribution is 8.03. The summed E-state index contributed by atoms with van der Waals surface area (Å²) >= 11 is 0.932. The number of rotatable bonds is 9. The summed E-state index contributed by atoms with van der Waals surface area (Å²) in [6, 6.07) is 15.2. The van der Waals surface area contributed by atoms with Gasteiger partial charge in [0.15, 0.2) is 0 Å². The first kappa shape index (κ1) is 27.3. The Hall–Kier alpha value is -4.30. The predicted octanol–water partition coefficient (Wildman–Crippen LogP) is 2.98. The monoisotopic (exact) mass is 523 g/mol. The van der Waals surface area contributed by atoms with E-state index in [0.717, 1.165) is 11.8 Å². The number of benzene rings is 2. The van der Waals surface area contributed by atoms with Crippen LogP contribution in [0.5, 0.6) is 5.75 Å². The number of nitrogens with zero attached hydrogens (tertiary/aromatic N) is 1. The summed E-state index contributed by atoms with van der Waals surface area (Å²) in [7, 11) is 2.40. The summed E-state index contributed by atoms with van der Waals surface area (Å²) in [5, 5.41) is 15.4. The Morgan fingerprint density at radius 2 is 1.78 bits per heavy atom. The van der Waals surface area contributed by atoms with Crippen LogP contribution >= 0.6 is 11.8 Å². The second-order valence-electron chi connectivity index (χ2n) is 7.70. The average molecular weight is 524 g/mol. The lowest BCUT2D eigenvalue weighted by Crippen LogP contribution is -2.44. The highest BCUT2D eigenvalue weighted by atomic mass is 32.2. The number of hydrogen-bond donors (Lipinski definition) is 2. The number of methoxy groups -OCH3 is 2. The summed E-state index contributed by atoms with van der Waals surface area (Å²) in [5.41, 5.74) is 1.11. The Labute approximate surface area is 218 Å². The summed E-state index contributed by atoms with van der Waals surface area (Å²) in [5.74, 6) is -4.32. The van der Waals surface area contributed by atoms with E-state index >= 15 is 0 Å². The maximum absolute atomic E-state index is 13.0. The van der Waals surface area contributed by atoms with E-state index in [4.69, 9.17) is 14.2 Å². The summed E-state index contributed by atoms with van der Waals surface area (Å²) in [4.78, 5) is 50.1. The number of nitrogens with one attached hydrogen (secondary N) is 2. The Balaban J connectivity index is 1.88. The molecule has 3 rings (SSSR count). The molecule has 0 radical (unpaired) electrons. The van der Waals surface area contributed by atoms with Gasteiger partial charge in [0.1, 0.15) is 11.7 Å². The first-order valence-electron chi connectivity index (χ1n) is 11.2. The number of nitriles is 1. The molecule has 192 valence electrons. The molecule has 0 fully saturated rings. The van der Waals surface area contributed by atoms with Gasteiger partial charge < -0.3 is 24.8 Å². The van der Waals surface area contributed by atoms with Gasteiger partial charge in [0, 0.05) is 5.92 Å². The van der Waals surface area contributed by atoms with Gasteiger partial charge in [-0.1, -0.05) is 36.0 Å². The Bertz CT molecular complexity index is 1270. The molecule has 2 aromatic rings. The van der Waals surface area contributed by atoms with Gasteiger partial charge in [0.2, 0.25) is 11.8 Å². The van der Waals surface area contributed by atoms with Crippen LogP contribution < -0.4 is 15.4 Å². The van der Waals surface area contributed by atoms with E-state index in [-0.39, 0.29) is 27.6 Å². The van der Waals surface area contributed by atoms with E-state index < -0.39 is 35.6 Å². The van der Waals surface area contributed by atoms with Crippen LogP contribution in [0.4, 0.5) is 5.69 Å². The molecule has 0 aromatic heterocycles. The van der Waals surface area contributed by atoms with E-state index in [0.29, 0.717) is 17.9 Å². The van der Waals surface area contributed by atoms with Crippen molar-refractivity contribution in [2.75, 3.05) is 31.9 Å². The molecule has 0 unspecified atom stereocenters. The van der Waals surface area contributed by atoms with Crippen LogP contribution in [-0.2, 0) is 23.9 Å². The third kappa shape index (κ3) is 6.29. The first-order valence-corrected chi connectivity index (χ1v) is 12.2. The Morgan fingerprint density at radius 3 is 2.41 bits per heavy atom. The van der Waals surface area contributed by atoms with Gasteiger partial charge in [0.25, 0.3) is 0 Å². The third-order valence-electron chi connectivity index (χ3n) is 5.49. The number of carbonyl (C=O) groups is 4. The molecule has 2 atom stereocenters. The van der Waals surface area contributed by atoms with Crippen molar-refractivity contribution in [2.45, 2.75) is 12.8 Å². The van der Waals surface area contributed by atoms with E-state index in [1.165, 1.54) is 20.3 Å². The van der Waals surface area contributed by atoms with Gasteiger partial charge in [-0.05, 0) is 36.8 Å². The lowest BCUT2D eigenvalue weighted by Gasteiger charge is -2.31. The number of para-hydroxylation sites is 1. The molecule has 0 saturated heterocycles. The molecule has 1 aliphatic rings. The van der Waals surface area contributed by atoms with Crippen molar-refractivity contribution < 1.29 is 33.4 Å². The number of carbonyl (C=O) groups excluding carboxylic acids is 4. The minimum Gasteiger partial charge on any atom is -0.494 e. The molecule has 1 heterocycles. The van der Waals surface area contributed by atoms with Gasteiger partial charge in [0.05, 0.1) is 54.5 Å². The molecule has 0 spiro atoms. The van der Waals surface area contributed by atoms with Crippen LogP contribution in [0.3, 0.4) is 0 Å². The molecule has 11 heteroatoms. The SMILES string of the molecule is CCOc1ccc([C@H]2C(C#N)=C(SCC(=O)Nc3ccccc3C(=O)OC)NC(=O)[C@@H]2C(=O)OC)cc1. The van der Waals surface area contributed by atoms with Crippen LogP contribution in [0.15, 0.2) is 59.1 Å². The molecular weight excluding hydrogens is 498 g/mol. The lowest BCUT2D eigenvalue weighted by molar-refractivity contribution is -0.150. The van der Waals surface area contributed by atoms with Gasteiger partial charge in [-0.25, -0.2) is 4.79 Å². The zero-order chi connectivity index (χ0) is 26.9. The van der Waals surface area contributed by atoms with Crippen molar-refractivity contribution in [2.24, 2.45) is 5.92 Å². The smallest absolute Gasteiger partial charge is 0.339 e. The standard InChI is InChI=1S/C26H25N3O7S/c1-4-36-16-11-9-15(10-12-16)21-18(13-27)24(29-23(31)22(21)26(33)35-3)37-14-20(30)28-19-8-6-5-7-17(19)25(32)34-2/h5-12,21-22H,4,14H2,1-3H3,(H,28,30)(H,29,31)/t21-,22+/m0/s1. The topological polar surface area (TPSA) is 144 Å². The van der Waals surface area contributed by atoms with E-state index in [1.807, 2.05) is 6.92 Å². The van der Waals surface area contributed by atoms with Crippen LogP contribution in [0.1, 0.15) is 28.8 Å². The van der Waals surface area contributed by atoms with Crippen LogP contribution in [0, 0.1) is 17.2 Å². The van der Waals surface area contributed by atoms with Gasteiger partial charge in [-0.15, -0.1) is 0 Å². The van der Waals surface area contributed by atoms with Gasteiger partial charge in [-0.2, -0.15) is 5.26 Å². The molecule has 2 N–H and O–H groups in total. The molecule has 1 aliphatic heterocycles. The highest BCUT2D eigenvalue weighted by Crippen LogP contribution is 2.40. The zero-order valence-corrected chi connectivity index (χ0v) is 21.2. The van der Waals surface area contributed by atoms with E-state index in [9.17, 15) is 24.4 Å². The van der Waals surface area contributed by atoms with Crippen molar-refractivity contribution >= 4 is 41.2 Å². The van der Waals surface area contributed by atoms with Crippen molar-refractivity contribution in [3.63, 3.8) is 0 Å². The zero-order valence-electron chi connectivity index (χ0n) is 20.4. The molecule has 0 bridgehead atoms. The number of esters is 2. The molecule has 0 aliphatic carbocycles. The fourth-order valence-corrected chi connectivity index (χ4v) is 4.67. The Morgan fingerprint density at radius 1 is 1.08 bits per heavy atom. The van der Waals surface area contributed by atoms with Crippen LogP contribution in [0.25, 0.3) is 0 Å². The number of thioether (sulfide) groups is 1. The fraction of sp³-hybridized carbons (Fsp3) is 0.269. The minimum atomic E-state index is -1.29. The predicted molar refractivity (Wildman–Crippen MR) is 136 cm³/mol. The molecule has 37 heavy (non-hydrogen) atoms. The Kier molecular flexibility index (Phi) is 9.29. The number of allylic oxidation sites excluding steroid dienone is 1. The van der Waals surface area contributed by atoms with Gasteiger partial charge in [-0.3, -0.25) is 14.4 Å². The highest BCUT2D eigenvalue weighted by Gasteiger charge is 2.44. The summed E-state index contributed by atoms with van der Waals surface area (Å²) < 4.78 is 15.0. The van der Waals surface area contributed by atoms with E-state index in [1.54, 1.807) is 42.5 Å². The molecule has 2 amide bonds. The lowest BCUT2D eigenvalue weighted by atomic mass is 9.78. The third-order valence-corrected chi connectivity index (χ3v) is 6.51. The second-order valence-corrected chi connectivity index (χ2v) is 8.68. The largest absolute Gasteiger partial charge is 0.494 e. The molecule has 0 saturated carbocycles.